The number of aryl methyl sites for hydroxylation is 1. The second kappa shape index (κ2) is 4.86. The maximum absolute atomic E-state index is 12.0. The van der Waals surface area contributed by atoms with E-state index in [2.05, 4.69) is 20.5 Å². The average molecular weight is 274 g/mol. The minimum atomic E-state index is -0.826. The first-order chi connectivity index (χ1) is 9.56. The summed E-state index contributed by atoms with van der Waals surface area (Å²) < 4.78 is 0. The molecular formula is C14H18N4O2. The van der Waals surface area contributed by atoms with Crippen LogP contribution >= 0.6 is 0 Å². The number of hydrogen-bond donors (Lipinski definition) is 3. The van der Waals surface area contributed by atoms with Gasteiger partial charge in [-0.2, -0.15) is 5.10 Å². The Morgan fingerprint density at radius 1 is 1.50 bits per heavy atom. The van der Waals surface area contributed by atoms with Crippen molar-refractivity contribution in [1.82, 2.24) is 15.2 Å². The van der Waals surface area contributed by atoms with E-state index in [9.17, 15) is 9.90 Å². The van der Waals surface area contributed by atoms with E-state index in [0.717, 1.165) is 23.9 Å². The molecule has 0 bridgehead atoms. The van der Waals surface area contributed by atoms with Gasteiger partial charge in [0, 0.05) is 11.1 Å². The molecule has 0 radical (unpaired) electrons. The Labute approximate surface area is 116 Å². The van der Waals surface area contributed by atoms with Crippen LogP contribution in [0.3, 0.4) is 0 Å². The minimum absolute atomic E-state index is 0.148. The second-order valence-corrected chi connectivity index (χ2v) is 5.60. The Hall–Kier alpha value is -1.95. The Morgan fingerprint density at radius 3 is 3.00 bits per heavy atom. The van der Waals surface area contributed by atoms with Crippen molar-refractivity contribution in [2.24, 2.45) is 0 Å². The van der Waals surface area contributed by atoms with Crippen LogP contribution in [0.2, 0.25) is 0 Å². The number of nitrogens with zero attached hydrogens (tertiary/aromatic N) is 2. The molecule has 1 fully saturated rings. The van der Waals surface area contributed by atoms with Crippen LogP contribution in [0.5, 0.6) is 0 Å². The van der Waals surface area contributed by atoms with E-state index in [1.165, 1.54) is 0 Å². The van der Waals surface area contributed by atoms with Gasteiger partial charge in [0.05, 0.1) is 23.9 Å². The molecule has 0 aliphatic heterocycles. The molecule has 6 heteroatoms. The van der Waals surface area contributed by atoms with E-state index < -0.39 is 5.60 Å². The maximum Gasteiger partial charge on any atom is 0.227 e. The number of hydrogen-bond acceptors (Lipinski definition) is 4. The van der Waals surface area contributed by atoms with Crippen LogP contribution in [-0.2, 0) is 4.79 Å². The summed E-state index contributed by atoms with van der Waals surface area (Å²) in [5, 5.41) is 20.8. The van der Waals surface area contributed by atoms with Crippen LogP contribution in [-0.4, -0.2) is 31.8 Å². The van der Waals surface area contributed by atoms with Gasteiger partial charge in [0.2, 0.25) is 5.91 Å². The fourth-order valence-corrected chi connectivity index (χ4v) is 2.80. The average Bonchev–Trinajstić information content (AvgIpc) is 2.97. The first kappa shape index (κ1) is 13.1. The van der Waals surface area contributed by atoms with Gasteiger partial charge in [0.25, 0.3) is 0 Å². The van der Waals surface area contributed by atoms with E-state index in [1.54, 1.807) is 6.20 Å². The summed E-state index contributed by atoms with van der Waals surface area (Å²) in [5.74, 6) is -0.170. The van der Waals surface area contributed by atoms with E-state index in [-0.39, 0.29) is 12.3 Å². The number of carbonyl (C=O) groups excluding carboxylic acids is 1. The molecule has 0 atom stereocenters. The predicted molar refractivity (Wildman–Crippen MR) is 75.3 cm³/mol. The topological polar surface area (TPSA) is 90.9 Å². The molecule has 1 saturated carbocycles. The van der Waals surface area contributed by atoms with Gasteiger partial charge in [-0.25, -0.2) is 4.98 Å². The Morgan fingerprint density at radius 2 is 2.25 bits per heavy atom. The van der Waals surface area contributed by atoms with Crippen molar-refractivity contribution in [2.75, 3.05) is 5.32 Å². The fraction of sp³-hybridized carbons (Fsp3) is 0.500. The van der Waals surface area contributed by atoms with Crippen LogP contribution in [0.4, 0.5) is 5.69 Å². The zero-order chi connectivity index (χ0) is 14.2. The lowest BCUT2D eigenvalue weighted by molar-refractivity contribution is -0.120. The number of fused-ring (bicyclic) bond motifs is 1. The number of pyridine rings is 1. The number of nitrogens with one attached hydrogen (secondary N) is 2. The molecule has 6 nitrogen and oxygen atoms in total. The number of aromatic amines is 1. The van der Waals surface area contributed by atoms with Crippen molar-refractivity contribution in [3.8, 4) is 0 Å². The SMILES string of the molecule is Cc1[nH]nc2ncc(NC(=O)CC3(O)CCCC3)cc12. The summed E-state index contributed by atoms with van der Waals surface area (Å²) in [6.07, 6.45) is 5.13. The highest BCUT2D eigenvalue weighted by atomic mass is 16.3. The van der Waals surface area contributed by atoms with Gasteiger partial charge in [0.15, 0.2) is 5.65 Å². The van der Waals surface area contributed by atoms with Crippen molar-refractivity contribution in [1.29, 1.82) is 0 Å². The molecule has 0 spiro atoms. The van der Waals surface area contributed by atoms with Crippen molar-refractivity contribution in [3.05, 3.63) is 18.0 Å². The summed E-state index contributed by atoms with van der Waals surface area (Å²) >= 11 is 0. The quantitative estimate of drug-likeness (QED) is 0.797. The Balaban J connectivity index is 1.72. The van der Waals surface area contributed by atoms with Crippen LogP contribution in [0, 0.1) is 6.92 Å². The number of aliphatic hydroxyl groups is 1. The third-order valence-electron chi connectivity index (χ3n) is 3.91. The lowest BCUT2D eigenvalue weighted by Gasteiger charge is -2.21. The highest BCUT2D eigenvalue weighted by molar-refractivity contribution is 5.93. The monoisotopic (exact) mass is 274 g/mol. The van der Waals surface area contributed by atoms with Crippen molar-refractivity contribution in [3.63, 3.8) is 0 Å². The third-order valence-corrected chi connectivity index (χ3v) is 3.91. The zero-order valence-electron chi connectivity index (χ0n) is 11.4. The van der Waals surface area contributed by atoms with E-state index in [0.29, 0.717) is 24.2 Å². The lowest BCUT2D eigenvalue weighted by Crippen LogP contribution is -2.30. The fourth-order valence-electron chi connectivity index (χ4n) is 2.80. The Bertz CT molecular complexity index is 644. The van der Waals surface area contributed by atoms with Gasteiger partial charge in [-0.1, -0.05) is 12.8 Å². The van der Waals surface area contributed by atoms with Gasteiger partial charge in [-0.05, 0) is 25.8 Å². The van der Waals surface area contributed by atoms with Gasteiger partial charge in [0.1, 0.15) is 0 Å². The van der Waals surface area contributed by atoms with E-state index in [1.807, 2.05) is 13.0 Å². The molecular weight excluding hydrogens is 256 g/mol. The number of aromatic nitrogens is 3. The summed E-state index contributed by atoms with van der Waals surface area (Å²) in [6.45, 7) is 1.91. The van der Waals surface area contributed by atoms with Crippen LogP contribution in [0.15, 0.2) is 12.3 Å². The molecule has 3 rings (SSSR count). The molecule has 0 unspecified atom stereocenters. The Kier molecular flexibility index (Phi) is 3.17. The van der Waals surface area contributed by atoms with Gasteiger partial charge in [-0.3, -0.25) is 9.89 Å². The van der Waals surface area contributed by atoms with E-state index >= 15 is 0 Å². The smallest absolute Gasteiger partial charge is 0.227 e. The molecule has 2 aromatic heterocycles. The molecule has 2 aromatic rings. The van der Waals surface area contributed by atoms with Crippen molar-refractivity contribution >= 4 is 22.6 Å². The number of anilines is 1. The standard InChI is InChI=1S/C14H18N4O2/c1-9-11-6-10(8-15-13(11)18-17-9)16-12(19)7-14(20)4-2-3-5-14/h6,8,20H,2-5,7H2,1H3,(H,16,19)(H,15,17,18). The molecule has 1 aliphatic rings. The first-order valence-corrected chi connectivity index (χ1v) is 6.89. The molecule has 0 saturated heterocycles. The third kappa shape index (κ3) is 2.51. The summed E-state index contributed by atoms with van der Waals surface area (Å²) in [5.41, 5.74) is 1.36. The molecule has 0 aromatic carbocycles. The molecule has 20 heavy (non-hydrogen) atoms. The number of carbonyl (C=O) groups is 1. The van der Waals surface area contributed by atoms with Crippen molar-refractivity contribution in [2.45, 2.75) is 44.6 Å². The van der Waals surface area contributed by atoms with Crippen LogP contribution in [0.25, 0.3) is 11.0 Å². The van der Waals surface area contributed by atoms with Gasteiger partial charge in [-0.15, -0.1) is 0 Å². The number of amides is 1. The second-order valence-electron chi connectivity index (χ2n) is 5.60. The van der Waals surface area contributed by atoms with Crippen LogP contribution < -0.4 is 5.32 Å². The summed E-state index contributed by atoms with van der Waals surface area (Å²) in [4.78, 5) is 16.2. The first-order valence-electron chi connectivity index (χ1n) is 6.89. The zero-order valence-corrected chi connectivity index (χ0v) is 11.4. The minimum Gasteiger partial charge on any atom is -0.389 e. The lowest BCUT2D eigenvalue weighted by atomic mass is 9.97. The molecule has 106 valence electrons. The predicted octanol–water partition coefficient (Wildman–Crippen LogP) is 1.90. The number of H-pyrrole nitrogens is 1. The summed E-state index contributed by atoms with van der Waals surface area (Å²) in [6, 6.07) is 1.85. The largest absolute Gasteiger partial charge is 0.389 e. The number of rotatable bonds is 3. The molecule has 3 N–H and O–H groups in total. The highest BCUT2D eigenvalue weighted by Crippen LogP contribution is 2.32. The normalized spacial score (nSPS) is 17.5. The summed E-state index contributed by atoms with van der Waals surface area (Å²) in [7, 11) is 0. The van der Waals surface area contributed by atoms with E-state index in [4.69, 9.17) is 0 Å². The molecule has 1 amide bonds. The maximum atomic E-state index is 12.0. The van der Waals surface area contributed by atoms with Crippen molar-refractivity contribution < 1.29 is 9.90 Å². The van der Waals surface area contributed by atoms with Crippen LogP contribution in [0.1, 0.15) is 37.8 Å². The van der Waals surface area contributed by atoms with Gasteiger partial charge >= 0.3 is 0 Å². The van der Waals surface area contributed by atoms with Gasteiger partial charge < -0.3 is 10.4 Å². The highest BCUT2D eigenvalue weighted by Gasteiger charge is 2.33. The molecule has 1 aliphatic carbocycles. The molecule has 2 heterocycles.